The number of aliphatic hydroxyl groups excluding tert-OH is 1. The van der Waals surface area contributed by atoms with Crippen molar-refractivity contribution >= 4 is 28.4 Å². The monoisotopic (exact) mass is 399 g/mol. The number of nitrogens with one attached hydrogen (secondary N) is 1. The second kappa shape index (κ2) is 6.65. The van der Waals surface area contributed by atoms with E-state index in [0.29, 0.717) is 23.9 Å². The fourth-order valence-corrected chi connectivity index (χ4v) is 5.21. The second-order valence-corrected chi connectivity index (χ2v) is 8.67. The number of benzene rings is 1. The number of piperidine rings is 1. The largest absolute Gasteiger partial charge is 0.457 e. The minimum atomic E-state index is -0.622. The van der Waals surface area contributed by atoms with Crippen LogP contribution in [0.4, 0.5) is 5.00 Å². The van der Waals surface area contributed by atoms with Crippen LogP contribution in [0.25, 0.3) is 0 Å². The summed E-state index contributed by atoms with van der Waals surface area (Å²) < 4.78 is 9.09. The minimum Gasteiger partial charge on any atom is -0.457 e. The Labute approximate surface area is 166 Å². The van der Waals surface area contributed by atoms with E-state index in [1.165, 1.54) is 11.5 Å². The summed E-state index contributed by atoms with van der Waals surface area (Å²) in [6, 6.07) is 5.38. The molecule has 1 aromatic carbocycles. The number of aromatic nitrogens is 1. The number of fused-ring (bicyclic) bond motifs is 2. The molecule has 3 heterocycles. The zero-order valence-corrected chi connectivity index (χ0v) is 16.2. The van der Waals surface area contributed by atoms with Crippen molar-refractivity contribution in [1.29, 1.82) is 0 Å². The van der Waals surface area contributed by atoms with Gasteiger partial charge in [-0.05, 0) is 53.6 Å². The molecule has 146 valence electrons. The molecule has 3 aliphatic rings. The number of nitrogens with zero attached hydrogens (tertiary/aromatic N) is 2. The number of hydrogen-bond donors (Lipinski definition) is 2. The van der Waals surface area contributed by atoms with Crippen LogP contribution in [0.1, 0.15) is 33.2 Å². The molecule has 2 N–H and O–H groups in total. The van der Waals surface area contributed by atoms with E-state index in [9.17, 15) is 14.7 Å². The Balaban J connectivity index is 1.18. The third kappa shape index (κ3) is 2.92. The van der Waals surface area contributed by atoms with Crippen LogP contribution >= 0.6 is 11.5 Å². The molecule has 1 saturated carbocycles. The normalized spacial score (nSPS) is 26.5. The lowest BCUT2D eigenvalue weighted by Gasteiger charge is -2.24. The van der Waals surface area contributed by atoms with Crippen LogP contribution in [0.5, 0.6) is 0 Å². The maximum Gasteiger partial charge on any atom is 0.338 e. The Morgan fingerprint density at radius 3 is 2.89 bits per heavy atom. The molecule has 3 atom stereocenters. The van der Waals surface area contributed by atoms with E-state index >= 15 is 0 Å². The first kappa shape index (κ1) is 17.8. The number of likely N-dealkylation sites (tertiary alicyclic amines) is 1. The van der Waals surface area contributed by atoms with Crippen molar-refractivity contribution in [3.63, 3.8) is 0 Å². The van der Waals surface area contributed by atoms with Gasteiger partial charge in [0.25, 0.3) is 0 Å². The first-order valence-electron chi connectivity index (χ1n) is 9.44. The van der Waals surface area contributed by atoms with Crippen molar-refractivity contribution in [3.8, 4) is 0 Å². The molecule has 7 nitrogen and oxygen atoms in total. The molecule has 3 unspecified atom stereocenters. The Kier molecular flexibility index (Phi) is 4.22. The topological polar surface area (TPSA) is 91.8 Å². The third-order valence-electron chi connectivity index (χ3n) is 6.25. The van der Waals surface area contributed by atoms with Gasteiger partial charge in [-0.1, -0.05) is 6.07 Å². The molecule has 1 saturated heterocycles. The van der Waals surface area contributed by atoms with Crippen molar-refractivity contribution in [3.05, 3.63) is 46.6 Å². The van der Waals surface area contributed by atoms with Gasteiger partial charge in [0.05, 0.1) is 11.7 Å². The molecular weight excluding hydrogens is 378 g/mol. The number of esters is 1. The summed E-state index contributed by atoms with van der Waals surface area (Å²) in [7, 11) is 0. The number of aliphatic hydroxyl groups is 1. The molecule has 2 aliphatic heterocycles. The van der Waals surface area contributed by atoms with Crippen LogP contribution in [-0.4, -0.2) is 45.9 Å². The van der Waals surface area contributed by atoms with Crippen molar-refractivity contribution in [1.82, 2.24) is 9.27 Å². The number of anilines is 1. The SMILES string of the molecule is Cc1c(C(O)CN2CC3C(C2)C3C(=O)Nc2ccns2)ccc2c1COC2=O. The van der Waals surface area contributed by atoms with Gasteiger partial charge >= 0.3 is 5.97 Å². The zero-order chi connectivity index (χ0) is 19.4. The van der Waals surface area contributed by atoms with E-state index < -0.39 is 6.10 Å². The molecule has 2 fully saturated rings. The number of rotatable bonds is 5. The fourth-order valence-electron chi connectivity index (χ4n) is 4.71. The average molecular weight is 399 g/mol. The van der Waals surface area contributed by atoms with Crippen molar-refractivity contribution < 1.29 is 19.4 Å². The summed E-state index contributed by atoms with van der Waals surface area (Å²) >= 11 is 1.29. The first-order chi connectivity index (χ1) is 13.5. The van der Waals surface area contributed by atoms with Crippen LogP contribution in [0, 0.1) is 24.7 Å². The molecule has 2 aromatic rings. The molecule has 0 bridgehead atoms. The quantitative estimate of drug-likeness (QED) is 0.747. The molecule has 5 rings (SSSR count). The number of cyclic esters (lactones) is 1. The molecule has 28 heavy (non-hydrogen) atoms. The maximum atomic E-state index is 12.4. The highest BCUT2D eigenvalue weighted by atomic mass is 32.1. The van der Waals surface area contributed by atoms with E-state index in [1.54, 1.807) is 18.3 Å². The standard InChI is InChI=1S/C20H21N3O4S/c1-10-11(2-3-12-15(10)9-27-20(12)26)16(24)8-23-6-13-14(7-23)18(13)19(25)22-17-4-5-21-28-17/h2-5,13-14,16,18,24H,6-9H2,1H3,(H,22,25). The molecule has 8 heteroatoms. The zero-order valence-electron chi connectivity index (χ0n) is 15.4. The van der Waals surface area contributed by atoms with Gasteiger partial charge in [0, 0.05) is 37.3 Å². The number of ether oxygens (including phenoxy) is 1. The van der Waals surface area contributed by atoms with Gasteiger partial charge in [-0.3, -0.25) is 9.69 Å². The van der Waals surface area contributed by atoms with Crippen LogP contribution in [0.2, 0.25) is 0 Å². The summed E-state index contributed by atoms with van der Waals surface area (Å²) in [5.41, 5.74) is 3.26. The lowest BCUT2D eigenvalue weighted by molar-refractivity contribution is -0.118. The predicted octanol–water partition coefficient (Wildman–Crippen LogP) is 1.97. The third-order valence-corrected chi connectivity index (χ3v) is 6.92. The number of amides is 1. The Morgan fingerprint density at radius 1 is 1.39 bits per heavy atom. The van der Waals surface area contributed by atoms with Crippen LogP contribution in [-0.2, 0) is 16.1 Å². The van der Waals surface area contributed by atoms with Crippen LogP contribution in [0.15, 0.2) is 24.4 Å². The maximum absolute atomic E-state index is 12.4. The minimum absolute atomic E-state index is 0.0698. The van der Waals surface area contributed by atoms with Gasteiger partial charge in [-0.25, -0.2) is 4.79 Å². The highest BCUT2D eigenvalue weighted by molar-refractivity contribution is 7.10. The Bertz CT molecular complexity index is 933. The van der Waals surface area contributed by atoms with E-state index in [0.717, 1.165) is 34.8 Å². The number of β-amino-alcohol motifs (C(OH)–C–C–N with tert-alkyl or cyclic N) is 1. The average Bonchev–Trinajstić information content (AvgIpc) is 3.11. The van der Waals surface area contributed by atoms with Crippen molar-refractivity contribution in [2.24, 2.45) is 17.8 Å². The van der Waals surface area contributed by atoms with E-state index in [2.05, 4.69) is 14.6 Å². The van der Waals surface area contributed by atoms with Crippen LogP contribution < -0.4 is 5.32 Å². The predicted molar refractivity (Wildman–Crippen MR) is 103 cm³/mol. The summed E-state index contributed by atoms with van der Waals surface area (Å²) in [5.74, 6) is 0.597. The van der Waals surface area contributed by atoms with Gasteiger partial charge in [0.1, 0.15) is 11.6 Å². The first-order valence-corrected chi connectivity index (χ1v) is 10.2. The van der Waals surface area contributed by atoms with Gasteiger partial charge in [-0.15, -0.1) is 0 Å². The lowest BCUT2D eigenvalue weighted by Crippen LogP contribution is -2.31. The molecular formula is C20H21N3O4S. The molecule has 1 aromatic heterocycles. The van der Waals surface area contributed by atoms with Gasteiger partial charge < -0.3 is 15.2 Å². The summed E-state index contributed by atoms with van der Waals surface area (Å²) in [6.45, 7) is 4.40. The number of carbonyl (C=O) groups is 2. The van der Waals surface area contributed by atoms with Crippen LogP contribution in [0.3, 0.4) is 0 Å². The van der Waals surface area contributed by atoms with E-state index in [1.807, 2.05) is 13.0 Å². The fraction of sp³-hybridized carbons (Fsp3) is 0.450. The van der Waals surface area contributed by atoms with E-state index in [4.69, 9.17) is 4.74 Å². The molecule has 1 amide bonds. The molecule has 0 radical (unpaired) electrons. The Hall–Kier alpha value is -2.29. The Morgan fingerprint density at radius 2 is 2.18 bits per heavy atom. The second-order valence-electron chi connectivity index (χ2n) is 7.84. The number of carbonyl (C=O) groups excluding carboxylic acids is 2. The summed E-state index contributed by atoms with van der Waals surface area (Å²) in [5, 5.41) is 14.5. The summed E-state index contributed by atoms with van der Waals surface area (Å²) in [6.07, 6.45) is 1.06. The van der Waals surface area contributed by atoms with Gasteiger partial charge in [-0.2, -0.15) is 4.37 Å². The highest BCUT2D eigenvalue weighted by Gasteiger charge is 2.59. The van der Waals surface area contributed by atoms with Gasteiger partial charge in [0.15, 0.2) is 0 Å². The lowest BCUT2D eigenvalue weighted by atomic mass is 9.95. The van der Waals surface area contributed by atoms with E-state index in [-0.39, 0.29) is 24.4 Å². The number of hydrogen-bond acceptors (Lipinski definition) is 7. The highest BCUT2D eigenvalue weighted by Crippen LogP contribution is 2.52. The molecule has 1 aliphatic carbocycles. The van der Waals surface area contributed by atoms with Crippen molar-refractivity contribution in [2.45, 2.75) is 19.6 Å². The summed E-state index contributed by atoms with van der Waals surface area (Å²) in [4.78, 5) is 26.3. The van der Waals surface area contributed by atoms with Gasteiger partial charge in [0.2, 0.25) is 5.91 Å². The van der Waals surface area contributed by atoms with Crippen molar-refractivity contribution in [2.75, 3.05) is 25.0 Å². The smallest absolute Gasteiger partial charge is 0.338 e. The molecule has 0 spiro atoms.